The van der Waals surface area contributed by atoms with Crippen molar-refractivity contribution in [3.05, 3.63) is 35.1 Å². The topological polar surface area (TPSA) is 37.3 Å². The number of rotatable bonds is 3. The molecule has 1 aromatic carbocycles. The fraction of sp³-hybridized carbons (Fsp3) is 0.300. The molecule has 0 saturated heterocycles. The zero-order valence-corrected chi connectivity index (χ0v) is 7.93. The van der Waals surface area contributed by atoms with Crippen LogP contribution < -0.4 is 0 Å². The van der Waals surface area contributed by atoms with Crippen molar-refractivity contribution >= 4 is 5.97 Å². The van der Waals surface area contributed by atoms with Crippen LogP contribution in [0, 0.1) is 23.4 Å². The molecule has 0 saturated carbocycles. The molecule has 0 aliphatic carbocycles. The number of hydrogen-bond acceptors (Lipinski definition) is 1. The maximum absolute atomic E-state index is 12.7. The van der Waals surface area contributed by atoms with Gasteiger partial charge in [0.2, 0.25) is 0 Å². The van der Waals surface area contributed by atoms with Gasteiger partial charge in [0.15, 0.2) is 17.5 Å². The number of carboxylic acids is 1. The van der Waals surface area contributed by atoms with E-state index < -0.39 is 29.3 Å². The van der Waals surface area contributed by atoms with Crippen LogP contribution in [-0.2, 0) is 11.2 Å². The van der Waals surface area contributed by atoms with Crippen molar-refractivity contribution in [3.8, 4) is 0 Å². The Morgan fingerprint density at radius 3 is 2.20 bits per heavy atom. The smallest absolute Gasteiger partial charge is 0.306 e. The molecule has 0 bridgehead atoms. The number of aliphatic carboxylic acids is 1. The van der Waals surface area contributed by atoms with Crippen LogP contribution in [0.5, 0.6) is 0 Å². The minimum absolute atomic E-state index is 0.0382. The average Bonchev–Trinajstić information content (AvgIpc) is 2.13. The van der Waals surface area contributed by atoms with Gasteiger partial charge in [0.05, 0.1) is 5.92 Å². The Morgan fingerprint density at radius 1 is 1.33 bits per heavy atom. The second kappa shape index (κ2) is 4.33. The first-order valence-corrected chi connectivity index (χ1v) is 4.28. The molecular weight excluding hydrogens is 209 g/mol. The highest BCUT2D eigenvalue weighted by atomic mass is 19.2. The molecule has 0 unspecified atom stereocenters. The number of carbonyl (C=O) groups is 1. The standard InChI is InChI=1S/C10H9F3O2/c1-5(10(14)15)2-6-3-7(11)9(13)8(12)4-6/h3-5H,2H2,1H3,(H,14,15)/t5-/m0/s1. The summed E-state index contributed by atoms with van der Waals surface area (Å²) in [6.45, 7) is 1.40. The van der Waals surface area contributed by atoms with Crippen LogP contribution >= 0.6 is 0 Å². The maximum atomic E-state index is 12.7. The molecule has 1 N–H and O–H groups in total. The van der Waals surface area contributed by atoms with Crippen molar-refractivity contribution in [2.45, 2.75) is 13.3 Å². The van der Waals surface area contributed by atoms with E-state index in [1.54, 1.807) is 0 Å². The molecule has 1 atom stereocenters. The lowest BCUT2D eigenvalue weighted by molar-refractivity contribution is -0.141. The van der Waals surface area contributed by atoms with Crippen LogP contribution in [0.4, 0.5) is 13.2 Å². The molecule has 0 radical (unpaired) electrons. The van der Waals surface area contributed by atoms with Crippen LogP contribution in [0.3, 0.4) is 0 Å². The molecule has 2 nitrogen and oxygen atoms in total. The van der Waals surface area contributed by atoms with Gasteiger partial charge in [0.25, 0.3) is 0 Å². The molecule has 0 fully saturated rings. The number of carboxylic acid groups (broad SMARTS) is 1. The minimum Gasteiger partial charge on any atom is -0.481 e. The fourth-order valence-corrected chi connectivity index (χ4v) is 1.17. The predicted molar refractivity (Wildman–Crippen MR) is 46.8 cm³/mol. The van der Waals surface area contributed by atoms with Gasteiger partial charge in [-0.3, -0.25) is 4.79 Å². The van der Waals surface area contributed by atoms with Crippen LogP contribution in [0.1, 0.15) is 12.5 Å². The first kappa shape index (κ1) is 11.6. The Labute approximate surface area is 84.3 Å². The summed E-state index contributed by atoms with van der Waals surface area (Å²) >= 11 is 0. The van der Waals surface area contributed by atoms with E-state index in [1.807, 2.05) is 0 Å². The van der Waals surface area contributed by atoms with E-state index in [1.165, 1.54) is 6.92 Å². The number of benzene rings is 1. The third-order valence-corrected chi connectivity index (χ3v) is 2.01. The van der Waals surface area contributed by atoms with Gasteiger partial charge in [-0.15, -0.1) is 0 Å². The Hall–Kier alpha value is -1.52. The molecule has 0 heterocycles. The van der Waals surface area contributed by atoms with Crippen LogP contribution in [-0.4, -0.2) is 11.1 Å². The summed E-state index contributed by atoms with van der Waals surface area (Å²) in [4.78, 5) is 10.5. The summed E-state index contributed by atoms with van der Waals surface area (Å²) in [5.41, 5.74) is 0.126. The Kier molecular flexibility index (Phi) is 3.34. The van der Waals surface area contributed by atoms with Gasteiger partial charge in [0, 0.05) is 0 Å². The lowest BCUT2D eigenvalue weighted by Crippen LogP contribution is -2.12. The Morgan fingerprint density at radius 2 is 1.80 bits per heavy atom. The normalized spacial score (nSPS) is 12.5. The second-order valence-electron chi connectivity index (χ2n) is 3.32. The summed E-state index contributed by atoms with van der Waals surface area (Å²) in [7, 11) is 0. The molecule has 0 aromatic heterocycles. The predicted octanol–water partition coefficient (Wildman–Crippen LogP) is 2.37. The van der Waals surface area contributed by atoms with Crippen molar-refractivity contribution in [3.63, 3.8) is 0 Å². The van der Waals surface area contributed by atoms with E-state index in [2.05, 4.69) is 0 Å². The van der Waals surface area contributed by atoms with Crippen LogP contribution in [0.2, 0.25) is 0 Å². The quantitative estimate of drug-likeness (QED) is 0.791. The van der Waals surface area contributed by atoms with Gasteiger partial charge in [-0.1, -0.05) is 6.92 Å². The van der Waals surface area contributed by atoms with E-state index >= 15 is 0 Å². The molecule has 0 aliphatic rings. The molecule has 1 aromatic rings. The van der Waals surface area contributed by atoms with Crippen molar-refractivity contribution in [1.29, 1.82) is 0 Å². The van der Waals surface area contributed by atoms with Crippen LogP contribution in [0.25, 0.3) is 0 Å². The second-order valence-corrected chi connectivity index (χ2v) is 3.32. The van der Waals surface area contributed by atoms with E-state index in [9.17, 15) is 18.0 Å². The summed E-state index contributed by atoms with van der Waals surface area (Å²) in [5.74, 6) is -5.98. The number of hydrogen-bond donors (Lipinski definition) is 1. The van der Waals surface area contributed by atoms with E-state index in [-0.39, 0.29) is 12.0 Å². The first-order chi connectivity index (χ1) is 6.91. The fourth-order valence-electron chi connectivity index (χ4n) is 1.17. The summed E-state index contributed by atoms with van der Waals surface area (Å²) in [6.07, 6.45) is -0.0382. The van der Waals surface area contributed by atoms with Gasteiger partial charge in [-0.2, -0.15) is 0 Å². The van der Waals surface area contributed by atoms with Crippen molar-refractivity contribution in [1.82, 2.24) is 0 Å². The van der Waals surface area contributed by atoms with Gasteiger partial charge in [0.1, 0.15) is 0 Å². The lowest BCUT2D eigenvalue weighted by atomic mass is 10.0. The van der Waals surface area contributed by atoms with Gasteiger partial charge in [-0.25, -0.2) is 13.2 Å². The Bertz CT molecular complexity index is 367. The molecule has 0 amide bonds. The minimum atomic E-state index is -1.54. The maximum Gasteiger partial charge on any atom is 0.306 e. The van der Waals surface area contributed by atoms with Crippen molar-refractivity contribution in [2.24, 2.45) is 5.92 Å². The van der Waals surface area contributed by atoms with Crippen molar-refractivity contribution in [2.75, 3.05) is 0 Å². The first-order valence-electron chi connectivity index (χ1n) is 4.28. The number of halogens is 3. The monoisotopic (exact) mass is 218 g/mol. The Balaban J connectivity index is 2.92. The van der Waals surface area contributed by atoms with E-state index in [0.29, 0.717) is 0 Å². The molecule has 1 rings (SSSR count). The zero-order valence-electron chi connectivity index (χ0n) is 7.93. The van der Waals surface area contributed by atoms with E-state index in [0.717, 1.165) is 12.1 Å². The molecule has 15 heavy (non-hydrogen) atoms. The highest BCUT2D eigenvalue weighted by Crippen LogP contribution is 2.16. The molecular formula is C10H9F3O2. The lowest BCUT2D eigenvalue weighted by Gasteiger charge is -2.06. The van der Waals surface area contributed by atoms with Crippen LogP contribution in [0.15, 0.2) is 12.1 Å². The average molecular weight is 218 g/mol. The SMILES string of the molecule is C[C@@H](Cc1cc(F)c(F)c(F)c1)C(=O)O. The molecule has 5 heteroatoms. The summed E-state index contributed by atoms with van der Waals surface area (Å²) in [5, 5.41) is 8.57. The zero-order chi connectivity index (χ0) is 11.6. The third kappa shape index (κ3) is 2.71. The van der Waals surface area contributed by atoms with Gasteiger partial charge in [-0.05, 0) is 24.1 Å². The van der Waals surface area contributed by atoms with Crippen molar-refractivity contribution < 1.29 is 23.1 Å². The summed E-state index contributed by atoms with van der Waals surface area (Å²) < 4.78 is 38.0. The largest absolute Gasteiger partial charge is 0.481 e. The highest BCUT2D eigenvalue weighted by Gasteiger charge is 2.15. The molecule has 82 valence electrons. The summed E-state index contributed by atoms with van der Waals surface area (Å²) in [6, 6.07) is 1.61. The van der Waals surface area contributed by atoms with E-state index in [4.69, 9.17) is 5.11 Å². The van der Waals surface area contributed by atoms with Gasteiger partial charge < -0.3 is 5.11 Å². The van der Waals surface area contributed by atoms with Gasteiger partial charge >= 0.3 is 5.97 Å². The highest BCUT2D eigenvalue weighted by molar-refractivity contribution is 5.69. The third-order valence-electron chi connectivity index (χ3n) is 2.01. The molecule has 0 spiro atoms. The molecule has 0 aliphatic heterocycles.